The third-order valence-corrected chi connectivity index (χ3v) is 31.6. The van der Waals surface area contributed by atoms with Crippen molar-refractivity contribution in [3.05, 3.63) is 0 Å². The van der Waals surface area contributed by atoms with Crippen LogP contribution in [0.4, 0.5) is 0 Å². The lowest BCUT2D eigenvalue weighted by Crippen LogP contribution is -1.97. The number of fused-ring (bicyclic) bond motifs is 1. The van der Waals surface area contributed by atoms with Crippen molar-refractivity contribution in [2.45, 2.75) is 31.1 Å². The second kappa shape index (κ2) is 6.23. The monoisotopic (exact) mass is 274 g/mol. The molecule has 2 aliphatic heterocycles. The molecular weight excluding hydrogens is 258 g/mol. The van der Waals surface area contributed by atoms with Crippen molar-refractivity contribution in [1.82, 2.24) is 0 Å². The fourth-order valence-electron chi connectivity index (χ4n) is 1.54. The molecule has 0 radical (unpaired) electrons. The highest BCUT2D eigenvalue weighted by molar-refractivity contribution is 8.82. The maximum absolute atomic E-state index is 1.63. The minimum Gasteiger partial charge on any atom is -0.0908 e. The van der Waals surface area contributed by atoms with E-state index < -0.39 is 0 Å². The first-order valence-corrected chi connectivity index (χ1v) is 15.9. The van der Waals surface area contributed by atoms with Gasteiger partial charge in [-0.05, 0) is 26.3 Å². The van der Waals surface area contributed by atoms with Gasteiger partial charge in [-0.1, -0.05) is 53.3 Å². The summed E-state index contributed by atoms with van der Waals surface area (Å²) in [5.41, 5.74) is 0. The molecule has 2 rings (SSSR count). The molecule has 6 heteroatoms. The summed E-state index contributed by atoms with van der Waals surface area (Å²) in [7, 11) is 7.67. The Morgan fingerprint density at radius 1 is 1.08 bits per heavy atom. The van der Waals surface area contributed by atoms with Gasteiger partial charge in [0.05, 0.1) is 0 Å². The first kappa shape index (κ1) is 11.1. The van der Waals surface area contributed by atoms with Gasteiger partial charge >= 0.3 is 0 Å². The van der Waals surface area contributed by atoms with Crippen LogP contribution in [0.1, 0.15) is 25.7 Å². The molecule has 0 bridgehead atoms. The summed E-state index contributed by atoms with van der Waals surface area (Å²) in [4.78, 5) is 0. The van der Waals surface area contributed by atoms with Crippen LogP contribution in [0.5, 0.6) is 0 Å². The molecule has 0 amide bonds. The minimum absolute atomic E-state index is 0.597. The standard InChI is InChI=1S/C6H16P6/c1-2-4-6-8-9-10-11-12(6)7-5-3-1/h6-11H,1-5H2. The highest BCUT2D eigenvalue weighted by Crippen LogP contribution is 2.92. The van der Waals surface area contributed by atoms with E-state index >= 15 is 0 Å². The lowest BCUT2D eigenvalue weighted by molar-refractivity contribution is 0.697. The molecular formula is C6H16P6. The van der Waals surface area contributed by atoms with Gasteiger partial charge in [0.1, 0.15) is 0 Å². The fourth-order valence-corrected chi connectivity index (χ4v) is 43.1. The minimum atomic E-state index is 0.597. The topological polar surface area (TPSA) is 0 Å². The zero-order valence-electron chi connectivity index (χ0n) is 7.06. The summed E-state index contributed by atoms with van der Waals surface area (Å²) in [6.45, 7) is 0. The van der Waals surface area contributed by atoms with Crippen molar-refractivity contribution in [1.29, 1.82) is 0 Å². The molecule has 2 aliphatic rings. The van der Waals surface area contributed by atoms with Crippen LogP contribution >= 0.6 is 47.7 Å². The molecule has 0 saturated carbocycles. The van der Waals surface area contributed by atoms with Crippen LogP contribution in [-0.4, -0.2) is 11.6 Å². The summed E-state index contributed by atoms with van der Waals surface area (Å²) >= 11 is 0. The Hall–Kier alpha value is 2.58. The van der Waals surface area contributed by atoms with Crippen LogP contribution in [0.2, 0.25) is 0 Å². The summed E-state index contributed by atoms with van der Waals surface area (Å²) in [6.07, 6.45) is 7.91. The van der Waals surface area contributed by atoms with Crippen molar-refractivity contribution < 1.29 is 0 Å². The van der Waals surface area contributed by atoms with E-state index in [9.17, 15) is 0 Å². The van der Waals surface area contributed by atoms with E-state index in [2.05, 4.69) is 0 Å². The quantitative estimate of drug-likeness (QED) is 0.522. The Bertz CT molecular complexity index is 124. The lowest BCUT2D eigenvalue weighted by Gasteiger charge is -2.33. The predicted molar refractivity (Wildman–Crippen MR) is 75.6 cm³/mol. The Morgan fingerprint density at radius 2 is 2.08 bits per heavy atom. The average molecular weight is 274 g/mol. The molecule has 0 N–H and O–H groups in total. The van der Waals surface area contributed by atoms with E-state index in [0.29, 0.717) is 7.30 Å². The van der Waals surface area contributed by atoms with E-state index in [0.717, 1.165) is 0 Å². The van der Waals surface area contributed by atoms with Gasteiger partial charge in [0.25, 0.3) is 0 Å². The largest absolute Gasteiger partial charge is 0.0908 e. The van der Waals surface area contributed by atoms with Crippen LogP contribution < -0.4 is 0 Å². The van der Waals surface area contributed by atoms with Crippen LogP contribution in [-0.2, 0) is 0 Å². The van der Waals surface area contributed by atoms with Gasteiger partial charge in [0.2, 0.25) is 0 Å². The second-order valence-corrected chi connectivity index (χ2v) is 22.3. The van der Waals surface area contributed by atoms with Crippen molar-refractivity contribution >= 4 is 47.7 Å². The molecule has 0 aliphatic carbocycles. The molecule has 0 aromatic heterocycles. The van der Waals surface area contributed by atoms with Crippen molar-refractivity contribution in [2.75, 3.05) is 6.16 Å². The van der Waals surface area contributed by atoms with E-state index in [1.807, 2.05) is 0 Å². The number of hydrogen-bond donors (Lipinski definition) is 0. The molecule has 0 nitrogen and oxygen atoms in total. The van der Waals surface area contributed by atoms with Gasteiger partial charge in [0, 0.05) is 5.40 Å². The molecule has 7 unspecified atom stereocenters. The summed E-state index contributed by atoms with van der Waals surface area (Å²) in [6, 6.07) is 0. The predicted octanol–water partition coefficient (Wildman–Crippen LogP) is 5.35. The van der Waals surface area contributed by atoms with Gasteiger partial charge in [-0.25, -0.2) is 0 Å². The highest BCUT2D eigenvalue weighted by atomic mass is 32.8. The van der Waals surface area contributed by atoms with Gasteiger partial charge in [-0.15, -0.1) is 0 Å². The normalized spacial score (nSPS) is 48.0. The number of hydrogen-bond acceptors (Lipinski definition) is 0. The number of rotatable bonds is 0. The SMILES string of the molecule is C1CCPP2PPPPC2CC1. The van der Waals surface area contributed by atoms with E-state index in [-0.39, 0.29) is 0 Å². The smallest absolute Gasteiger partial charge is 0.00818 e. The van der Waals surface area contributed by atoms with E-state index in [4.69, 9.17) is 0 Å². The lowest BCUT2D eigenvalue weighted by atomic mass is 10.2. The third-order valence-electron chi connectivity index (χ3n) is 2.23. The molecule has 7 atom stereocenters. The zero-order chi connectivity index (χ0) is 8.23. The van der Waals surface area contributed by atoms with Crippen LogP contribution in [0.15, 0.2) is 0 Å². The molecule has 0 spiro atoms. The average Bonchev–Trinajstić information content (AvgIpc) is 2.06. The van der Waals surface area contributed by atoms with Crippen LogP contribution in [0, 0.1) is 0 Å². The summed E-state index contributed by atoms with van der Waals surface area (Å²) < 4.78 is 0. The van der Waals surface area contributed by atoms with Gasteiger partial charge in [-0.3, -0.25) is 0 Å². The van der Waals surface area contributed by atoms with Crippen LogP contribution in [0.3, 0.4) is 0 Å². The van der Waals surface area contributed by atoms with E-state index in [1.165, 1.54) is 45.8 Å². The second-order valence-electron chi connectivity index (χ2n) is 3.15. The highest BCUT2D eigenvalue weighted by Gasteiger charge is 2.24. The van der Waals surface area contributed by atoms with Gasteiger partial charge in [-0.2, -0.15) is 0 Å². The maximum Gasteiger partial charge on any atom is 0.00818 e. The third kappa shape index (κ3) is 3.31. The Morgan fingerprint density at radius 3 is 3.08 bits per heavy atom. The first-order valence-electron chi connectivity index (χ1n) is 4.51. The Labute approximate surface area is 85.1 Å². The first-order chi connectivity index (χ1) is 5.97. The molecule has 0 aromatic carbocycles. The summed E-state index contributed by atoms with van der Waals surface area (Å²) in [5.74, 6) is 0. The molecule has 2 heterocycles. The van der Waals surface area contributed by atoms with Crippen LogP contribution in [0.25, 0.3) is 0 Å². The molecule has 0 aromatic rings. The van der Waals surface area contributed by atoms with Crippen molar-refractivity contribution in [3.8, 4) is 0 Å². The Kier molecular flexibility index (Phi) is 5.75. The molecule has 2 fully saturated rings. The van der Waals surface area contributed by atoms with Crippen molar-refractivity contribution in [2.24, 2.45) is 0 Å². The fraction of sp³-hybridized carbons (Fsp3) is 1.00. The van der Waals surface area contributed by atoms with Crippen molar-refractivity contribution in [3.63, 3.8) is 0 Å². The van der Waals surface area contributed by atoms with Gasteiger partial charge in [0.15, 0.2) is 0 Å². The van der Waals surface area contributed by atoms with E-state index in [1.54, 1.807) is 31.8 Å². The zero-order valence-corrected chi connectivity index (χ0v) is 13.0. The molecule has 70 valence electrons. The van der Waals surface area contributed by atoms with Gasteiger partial charge < -0.3 is 0 Å². The molecule has 12 heavy (non-hydrogen) atoms. The Balaban J connectivity index is 1.89. The maximum atomic E-state index is 1.63. The molecule has 2 saturated heterocycles. The summed E-state index contributed by atoms with van der Waals surface area (Å²) in [5, 5.41) is 1.27.